The normalized spacial score (nSPS) is 27.7. The Bertz CT molecular complexity index is 444. The molecule has 1 aliphatic heterocycles. The Kier molecular flexibility index (Phi) is 4.39. The Morgan fingerprint density at radius 3 is 2.70 bits per heavy atom. The van der Waals surface area contributed by atoms with Crippen molar-refractivity contribution in [2.75, 3.05) is 33.3 Å². The molecule has 1 heterocycles. The molecule has 3 nitrogen and oxygen atoms in total. The summed E-state index contributed by atoms with van der Waals surface area (Å²) in [5.74, 6) is 0.793. The molecule has 0 spiro atoms. The van der Waals surface area contributed by atoms with Crippen LogP contribution in [0.5, 0.6) is 0 Å². The van der Waals surface area contributed by atoms with Gasteiger partial charge in [0.1, 0.15) is 0 Å². The van der Waals surface area contributed by atoms with Gasteiger partial charge in [-0.15, -0.1) is 0 Å². The first kappa shape index (κ1) is 14.1. The molecule has 1 aliphatic carbocycles. The second kappa shape index (κ2) is 6.25. The fourth-order valence-electron chi connectivity index (χ4n) is 3.30. The van der Waals surface area contributed by atoms with Gasteiger partial charge in [0.15, 0.2) is 0 Å². The van der Waals surface area contributed by atoms with E-state index in [2.05, 4.69) is 48.5 Å². The average molecular weight is 274 g/mol. The summed E-state index contributed by atoms with van der Waals surface area (Å²) in [5, 5.41) is 3.45. The fraction of sp³-hybridized carbons (Fsp3) is 0.647. The number of benzene rings is 1. The monoisotopic (exact) mass is 274 g/mol. The Morgan fingerprint density at radius 1 is 1.25 bits per heavy atom. The molecule has 3 heteroatoms. The Hall–Kier alpha value is -0.900. The lowest BCUT2D eigenvalue weighted by molar-refractivity contribution is -0.0614. The predicted octanol–water partition coefficient (Wildman–Crippen LogP) is 2.55. The predicted molar refractivity (Wildman–Crippen MR) is 82.1 cm³/mol. The van der Waals surface area contributed by atoms with E-state index in [1.54, 1.807) is 5.56 Å². The van der Waals surface area contributed by atoms with Crippen LogP contribution in [0.25, 0.3) is 0 Å². The van der Waals surface area contributed by atoms with E-state index in [-0.39, 0.29) is 6.10 Å². The summed E-state index contributed by atoms with van der Waals surface area (Å²) >= 11 is 0. The molecular formula is C17H26N2O. The van der Waals surface area contributed by atoms with Crippen molar-refractivity contribution >= 4 is 0 Å². The number of nitrogens with zero attached hydrogens (tertiary/aromatic N) is 1. The van der Waals surface area contributed by atoms with E-state index in [0.717, 1.165) is 32.2 Å². The summed E-state index contributed by atoms with van der Waals surface area (Å²) < 4.78 is 6.07. The molecule has 1 aromatic rings. The van der Waals surface area contributed by atoms with E-state index in [1.165, 1.54) is 18.4 Å². The van der Waals surface area contributed by atoms with Crippen LogP contribution in [-0.2, 0) is 4.74 Å². The molecule has 0 aromatic heterocycles. The van der Waals surface area contributed by atoms with Gasteiger partial charge in [0.25, 0.3) is 0 Å². The third-order valence-electron chi connectivity index (χ3n) is 4.53. The summed E-state index contributed by atoms with van der Waals surface area (Å²) in [7, 11) is 2.23. The van der Waals surface area contributed by atoms with E-state index in [4.69, 9.17) is 4.74 Å². The van der Waals surface area contributed by atoms with Crippen LogP contribution in [0.4, 0.5) is 0 Å². The van der Waals surface area contributed by atoms with Gasteiger partial charge in [-0.1, -0.05) is 31.2 Å². The van der Waals surface area contributed by atoms with Crippen LogP contribution < -0.4 is 5.32 Å². The minimum absolute atomic E-state index is 0.258. The topological polar surface area (TPSA) is 24.5 Å². The van der Waals surface area contributed by atoms with Crippen molar-refractivity contribution in [1.82, 2.24) is 10.2 Å². The smallest absolute Gasteiger partial charge is 0.0896 e. The van der Waals surface area contributed by atoms with Crippen molar-refractivity contribution < 1.29 is 4.74 Å². The van der Waals surface area contributed by atoms with Gasteiger partial charge in [-0.25, -0.2) is 0 Å². The van der Waals surface area contributed by atoms with E-state index >= 15 is 0 Å². The molecule has 2 fully saturated rings. The number of rotatable bonds is 5. The van der Waals surface area contributed by atoms with Gasteiger partial charge < -0.3 is 10.1 Å². The first-order valence-corrected chi connectivity index (χ1v) is 7.92. The van der Waals surface area contributed by atoms with Crippen molar-refractivity contribution in [3.05, 3.63) is 35.4 Å². The van der Waals surface area contributed by atoms with Gasteiger partial charge in [0.2, 0.25) is 0 Å². The summed E-state index contributed by atoms with van der Waals surface area (Å²) in [4.78, 5) is 2.46. The Morgan fingerprint density at radius 2 is 2.00 bits per heavy atom. The Balaban J connectivity index is 1.87. The molecule has 1 saturated heterocycles. The standard InChI is InChI=1S/C17H26N2O/c1-3-18-12-16-17(19(2)10-11-20-16)15-7-5-4-6-14(15)13-8-9-13/h4-7,13,16-18H,3,8-12H2,1-2H3. The molecule has 1 N–H and O–H groups in total. The zero-order chi connectivity index (χ0) is 13.9. The second-order valence-corrected chi connectivity index (χ2v) is 6.05. The van der Waals surface area contributed by atoms with Crippen LogP contribution in [-0.4, -0.2) is 44.3 Å². The van der Waals surface area contributed by atoms with E-state index in [1.807, 2.05) is 0 Å². The molecule has 2 unspecified atom stereocenters. The van der Waals surface area contributed by atoms with Crippen LogP contribution in [0.1, 0.15) is 42.9 Å². The lowest BCUT2D eigenvalue weighted by Gasteiger charge is -2.40. The van der Waals surface area contributed by atoms with Gasteiger partial charge >= 0.3 is 0 Å². The van der Waals surface area contributed by atoms with Crippen LogP contribution in [0, 0.1) is 0 Å². The highest BCUT2D eigenvalue weighted by molar-refractivity contribution is 5.36. The summed E-state index contributed by atoms with van der Waals surface area (Å²) in [6.07, 6.45) is 2.96. The molecule has 20 heavy (non-hydrogen) atoms. The van der Waals surface area contributed by atoms with Crippen LogP contribution in [0.2, 0.25) is 0 Å². The maximum Gasteiger partial charge on any atom is 0.0896 e. The zero-order valence-electron chi connectivity index (χ0n) is 12.6. The van der Waals surface area contributed by atoms with Crippen molar-refractivity contribution in [2.24, 2.45) is 0 Å². The third kappa shape index (κ3) is 2.90. The van der Waals surface area contributed by atoms with E-state index < -0.39 is 0 Å². The third-order valence-corrected chi connectivity index (χ3v) is 4.53. The largest absolute Gasteiger partial charge is 0.374 e. The van der Waals surface area contributed by atoms with E-state index in [9.17, 15) is 0 Å². The molecule has 1 aromatic carbocycles. The molecule has 0 bridgehead atoms. The summed E-state index contributed by atoms with van der Waals surface area (Å²) in [5.41, 5.74) is 3.04. The lowest BCUT2D eigenvalue weighted by atomic mass is 9.91. The number of morpholine rings is 1. The van der Waals surface area contributed by atoms with Crippen molar-refractivity contribution in [3.63, 3.8) is 0 Å². The second-order valence-electron chi connectivity index (χ2n) is 6.05. The summed E-state index contributed by atoms with van der Waals surface area (Å²) in [6.45, 7) is 5.95. The molecule has 1 saturated carbocycles. The minimum atomic E-state index is 0.258. The van der Waals surface area contributed by atoms with Crippen molar-refractivity contribution in [2.45, 2.75) is 37.8 Å². The maximum atomic E-state index is 6.07. The molecule has 2 atom stereocenters. The lowest BCUT2D eigenvalue weighted by Crippen LogP contribution is -2.47. The average Bonchev–Trinajstić information content (AvgIpc) is 3.30. The van der Waals surface area contributed by atoms with Crippen LogP contribution in [0.15, 0.2) is 24.3 Å². The molecule has 2 aliphatic rings. The highest BCUT2D eigenvalue weighted by atomic mass is 16.5. The number of nitrogens with one attached hydrogen (secondary N) is 1. The first-order valence-electron chi connectivity index (χ1n) is 7.92. The van der Waals surface area contributed by atoms with Crippen molar-refractivity contribution in [3.8, 4) is 0 Å². The highest BCUT2D eigenvalue weighted by Crippen LogP contribution is 2.44. The van der Waals surface area contributed by atoms with Crippen LogP contribution in [0.3, 0.4) is 0 Å². The SMILES string of the molecule is CCNCC1OCCN(C)C1c1ccccc1C1CC1. The maximum absolute atomic E-state index is 6.07. The fourth-order valence-corrected chi connectivity index (χ4v) is 3.30. The number of ether oxygens (including phenoxy) is 1. The molecular weight excluding hydrogens is 248 g/mol. The first-order chi connectivity index (χ1) is 9.81. The number of hydrogen-bond donors (Lipinski definition) is 1. The summed E-state index contributed by atoms with van der Waals surface area (Å²) in [6, 6.07) is 9.37. The number of hydrogen-bond acceptors (Lipinski definition) is 3. The van der Waals surface area contributed by atoms with Gasteiger partial charge in [0.05, 0.1) is 18.8 Å². The van der Waals surface area contributed by atoms with Gasteiger partial charge in [-0.3, -0.25) is 4.90 Å². The van der Waals surface area contributed by atoms with Gasteiger partial charge in [0, 0.05) is 13.1 Å². The Labute approximate surface area is 122 Å². The van der Waals surface area contributed by atoms with E-state index in [0.29, 0.717) is 6.04 Å². The number of likely N-dealkylation sites (N-methyl/N-ethyl adjacent to an activating group) is 2. The molecule has 0 amide bonds. The molecule has 110 valence electrons. The molecule has 0 radical (unpaired) electrons. The highest BCUT2D eigenvalue weighted by Gasteiger charge is 2.35. The van der Waals surface area contributed by atoms with Gasteiger partial charge in [-0.2, -0.15) is 0 Å². The quantitative estimate of drug-likeness (QED) is 0.893. The molecule has 3 rings (SSSR count). The van der Waals surface area contributed by atoms with Gasteiger partial charge in [-0.05, 0) is 43.5 Å². The van der Waals surface area contributed by atoms with Crippen molar-refractivity contribution in [1.29, 1.82) is 0 Å². The van der Waals surface area contributed by atoms with Crippen LogP contribution >= 0.6 is 0 Å². The zero-order valence-corrected chi connectivity index (χ0v) is 12.6. The minimum Gasteiger partial charge on any atom is -0.374 e.